The fourth-order valence-electron chi connectivity index (χ4n) is 3.03. The Kier molecular flexibility index (Phi) is 4.76. The molecule has 0 fully saturated rings. The van der Waals surface area contributed by atoms with Gasteiger partial charge in [0, 0.05) is 6.04 Å². The van der Waals surface area contributed by atoms with E-state index in [0.717, 1.165) is 31.6 Å². The number of nitrogens with two attached hydrogens (primary N) is 1. The molecule has 2 atom stereocenters. The lowest BCUT2D eigenvalue weighted by molar-refractivity contribution is 0.160. The van der Waals surface area contributed by atoms with Gasteiger partial charge in [-0.05, 0) is 50.8 Å². The Morgan fingerprint density at radius 1 is 1.38 bits per heavy atom. The van der Waals surface area contributed by atoms with Crippen LogP contribution in [0.4, 0.5) is 0 Å². The van der Waals surface area contributed by atoms with Gasteiger partial charge in [-0.15, -0.1) is 0 Å². The molecule has 1 aliphatic heterocycles. The minimum atomic E-state index is 0.0272. The molecule has 0 saturated carbocycles. The van der Waals surface area contributed by atoms with Gasteiger partial charge in [0.15, 0.2) is 5.96 Å². The highest BCUT2D eigenvalue weighted by Crippen LogP contribution is 2.30. The number of hydrogen-bond donors (Lipinski definition) is 1. The zero-order valence-electron chi connectivity index (χ0n) is 13.6. The van der Waals surface area contributed by atoms with Gasteiger partial charge in [-0.25, -0.2) is 0 Å². The third-order valence-electron chi connectivity index (χ3n) is 4.55. The van der Waals surface area contributed by atoms with Crippen LogP contribution in [0.1, 0.15) is 39.2 Å². The van der Waals surface area contributed by atoms with E-state index in [1.807, 2.05) is 12.1 Å². The van der Waals surface area contributed by atoms with Crippen LogP contribution in [0.5, 0.6) is 5.75 Å². The quantitative estimate of drug-likeness (QED) is 0.876. The zero-order valence-corrected chi connectivity index (χ0v) is 13.6. The van der Waals surface area contributed by atoms with Crippen LogP contribution in [0.2, 0.25) is 0 Å². The highest BCUT2D eigenvalue weighted by atomic mass is 16.5. The number of nitrogens with zero attached hydrogens (tertiary/aromatic N) is 2. The maximum Gasteiger partial charge on any atom is 0.192 e. The molecule has 0 radical (unpaired) electrons. The SMILES string of the molecule is CCC(C)N1C(N)=NCC1(C)CCc1ccc(OC)cc1. The lowest BCUT2D eigenvalue weighted by Gasteiger charge is -2.40. The maximum absolute atomic E-state index is 6.10. The molecule has 0 spiro atoms. The van der Waals surface area contributed by atoms with Crippen LogP contribution in [0.25, 0.3) is 0 Å². The molecule has 4 nitrogen and oxygen atoms in total. The number of hydrogen-bond acceptors (Lipinski definition) is 4. The number of aliphatic imine (C=N–C) groups is 1. The Morgan fingerprint density at radius 2 is 2.05 bits per heavy atom. The zero-order chi connectivity index (χ0) is 15.5. The fraction of sp³-hybridized carbons (Fsp3) is 0.588. The standard InChI is InChI=1S/C17H27N3O/c1-5-13(2)20-16(18)19-12-17(20,3)11-10-14-6-8-15(21-4)9-7-14/h6-9,13H,5,10-12H2,1-4H3,(H2,18,19). The van der Waals surface area contributed by atoms with Crippen LogP contribution in [-0.2, 0) is 6.42 Å². The molecule has 1 aliphatic rings. The van der Waals surface area contributed by atoms with Crippen molar-refractivity contribution in [2.75, 3.05) is 13.7 Å². The number of benzene rings is 1. The maximum atomic E-state index is 6.10. The second-order valence-electron chi connectivity index (χ2n) is 6.15. The Morgan fingerprint density at radius 3 is 2.62 bits per heavy atom. The molecule has 2 rings (SSSR count). The van der Waals surface area contributed by atoms with Gasteiger partial charge < -0.3 is 15.4 Å². The largest absolute Gasteiger partial charge is 0.497 e. The Hall–Kier alpha value is -1.71. The van der Waals surface area contributed by atoms with Gasteiger partial charge in [-0.2, -0.15) is 0 Å². The molecule has 116 valence electrons. The monoisotopic (exact) mass is 289 g/mol. The molecular weight excluding hydrogens is 262 g/mol. The van der Waals surface area contributed by atoms with Gasteiger partial charge in [0.05, 0.1) is 19.2 Å². The van der Waals surface area contributed by atoms with Crippen molar-refractivity contribution in [1.29, 1.82) is 0 Å². The van der Waals surface area contributed by atoms with Gasteiger partial charge in [-0.1, -0.05) is 19.1 Å². The van der Waals surface area contributed by atoms with E-state index in [1.165, 1.54) is 5.56 Å². The molecule has 4 heteroatoms. The van der Waals surface area contributed by atoms with E-state index >= 15 is 0 Å². The topological polar surface area (TPSA) is 50.8 Å². The van der Waals surface area contributed by atoms with E-state index in [-0.39, 0.29) is 5.54 Å². The van der Waals surface area contributed by atoms with Crippen LogP contribution in [-0.4, -0.2) is 36.1 Å². The molecule has 2 unspecified atom stereocenters. The summed E-state index contributed by atoms with van der Waals surface area (Å²) in [5.41, 5.74) is 7.45. The molecule has 0 amide bonds. The second-order valence-corrected chi connectivity index (χ2v) is 6.15. The van der Waals surface area contributed by atoms with Crippen molar-refractivity contribution >= 4 is 5.96 Å². The predicted octanol–water partition coefficient (Wildman–Crippen LogP) is 2.82. The smallest absolute Gasteiger partial charge is 0.192 e. The van der Waals surface area contributed by atoms with Gasteiger partial charge in [0.25, 0.3) is 0 Å². The molecular formula is C17H27N3O. The van der Waals surface area contributed by atoms with Crippen LogP contribution >= 0.6 is 0 Å². The molecule has 0 aliphatic carbocycles. The van der Waals surface area contributed by atoms with E-state index < -0.39 is 0 Å². The highest BCUT2D eigenvalue weighted by Gasteiger charge is 2.39. The first-order chi connectivity index (χ1) is 10.00. The van der Waals surface area contributed by atoms with Crippen LogP contribution in [0, 0.1) is 0 Å². The average Bonchev–Trinajstić information content (AvgIpc) is 2.81. The summed E-state index contributed by atoms with van der Waals surface area (Å²) in [6.45, 7) is 7.48. The van der Waals surface area contributed by atoms with Crippen molar-refractivity contribution in [2.45, 2.75) is 51.6 Å². The molecule has 2 N–H and O–H groups in total. The Balaban J connectivity index is 2.03. The van der Waals surface area contributed by atoms with Crippen LogP contribution in [0.3, 0.4) is 0 Å². The number of ether oxygens (including phenoxy) is 1. The number of guanidine groups is 1. The van der Waals surface area contributed by atoms with Gasteiger partial charge >= 0.3 is 0 Å². The first kappa shape index (κ1) is 15.7. The average molecular weight is 289 g/mol. The fourth-order valence-corrected chi connectivity index (χ4v) is 3.03. The third kappa shape index (κ3) is 3.31. The summed E-state index contributed by atoms with van der Waals surface area (Å²) in [5.74, 6) is 1.60. The van der Waals surface area contributed by atoms with Crippen molar-refractivity contribution in [1.82, 2.24) is 4.90 Å². The summed E-state index contributed by atoms with van der Waals surface area (Å²) < 4.78 is 5.20. The summed E-state index contributed by atoms with van der Waals surface area (Å²) in [6.07, 6.45) is 3.15. The van der Waals surface area contributed by atoms with E-state index in [4.69, 9.17) is 10.5 Å². The van der Waals surface area contributed by atoms with E-state index in [2.05, 4.69) is 42.8 Å². The summed E-state index contributed by atoms with van der Waals surface area (Å²) in [6, 6.07) is 8.73. The molecule has 1 aromatic carbocycles. The van der Waals surface area contributed by atoms with Crippen molar-refractivity contribution in [3.8, 4) is 5.75 Å². The van der Waals surface area contributed by atoms with Gasteiger partial charge in [0.1, 0.15) is 5.75 Å². The lowest BCUT2D eigenvalue weighted by atomic mass is 9.91. The minimum absolute atomic E-state index is 0.0272. The minimum Gasteiger partial charge on any atom is -0.497 e. The van der Waals surface area contributed by atoms with Crippen molar-refractivity contribution in [3.05, 3.63) is 29.8 Å². The summed E-state index contributed by atoms with van der Waals surface area (Å²) in [4.78, 5) is 6.78. The molecule has 1 aromatic rings. The Labute approximate surface area is 128 Å². The predicted molar refractivity (Wildman–Crippen MR) is 87.8 cm³/mol. The highest BCUT2D eigenvalue weighted by molar-refractivity contribution is 5.81. The van der Waals surface area contributed by atoms with E-state index in [1.54, 1.807) is 7.11 Å². The van der Waals surface area contributed by atoms with Crippen LogP contribution in [0.15, 0.2) is 29.3 Å². The van der Waals surface area contributed by atoms with E-state index in [9.17, 15) is 0 Å². The normalized spacial score (nSPS) is 23.0. The van der Waals surface area contributed by atoms with Crippen LogP contribution < -0.4 is 10.5 Å². The number of aryl methyl sites for hydroxylation is 1. The van der Waals surface area contributed by atoms with Crippen molar-refractivity contribution in [2.24, 2.45) is 10.7 Å². The molecule has 21 heavy (non-hydrogen) atoms. The molecule has 0 aromatic heterocycles. The second kappa shape index (κ2) is 6.37. The van der Waals surface area contributed by atoms with Crippen molar-refractivity contribution < 1.29 is 4.74 Å². The molecule has 1 heterocycles. The van der Waals surface area contributed by atoms with E-state index in [0.29, 0.717) is 12.0 Å². The van der Waals surface area contributed by atoms with Gasteiger partial charge in [0.2, 0.25) is 0 Å². The summed E-state index contributed by atoms with van der Waals surface area (Å²) in [7, 11) is 1.69. The number of methoxy groups -OCH3 is 1. The molecule has 0 bridgehead atoms. The van der Waals surface area contributed by atoms with Crippen molar-refractivity contribution in [3.63, 3.8) is 0 Å². The summed E-state index contributed by atoms with van der Waals surface area (Å²) in [5, 5.41) is 0. The molecule has 0 saturated heterocycles. The summed E-state index contributed by atoms with van der Waals surface area (Å²) >= 11 is 0. The first-order valence-electron chi connectivity index (χ1n) is 7.72. The number of rotatable bonds is 6. The third-order valence-corrected chi connectivity index (χ3v) is 4.55. The lowest BCUT2D eigenvalue weighted by Crippen LogP contribution is -2.53. The van der Waals surface area contributed by atoms with Gasteiger partial charge in [-0.3, -0.25) is 4.99 Å². The Bertz CT molecular complexity index is 497. The first-order valence-corrected chi connectivity index (χ1v) is 7.72.